The summed E-state index contributed by atoms with van der Waals surface area (Å²) in [5, 5.41) is 0.796. The Bertz CT molecular complexity index is 1030. The van der Waals surface area contributed by atoms with Crippen molar-refractivity contribution in [1.82, 2.24) is 9.47 Å². The van der Waals surface area contributed by atoms with Gasteiger partial charge in [0.15, 0.2) is 0 Å². The number of benzene rings is 2. The van der Waals surface area contributed by atoms with E-state index in [2.05, 4.69) is 13.8 Å². The zero-order chi connectivity index (χ0) is 21.0. The Morgan fingerprint density at radius 2 is 1.72 bits per heavy atom. The monoisotopic (exact) mass is 392 g/mol. The van der Waals surface area contributed by atoms with E-state index in [4.69, 9.17) is 4.74 Å². The third-order valence-electron chi connectivity index (χ3n) is 5.36. The first-order valence-electron chi connectivity index (χ1n) is 10.1. The van der Waals surface area contributed by atoms with E-state index in [0.717, 1.165) is 16.7 Å². The van der Waals surface area contributed by atoms with Crippen LogP contribution in [0.15, 0.2) is 48.7 Å². The highest BCUT2D eigenvalue weighted by Crippen LogP contribution is 2.23. The van der Waals surface area contributed by atoms with Gasteiger partial charge in [-0.15, -0.1) is 0 Å². The van der Waals surface area contributed by atoms with E-state index in [-0.39, 0.29) is 0 Å². The van der Waals surface area contributed by atoms with Crippen LogP contribution in [0.1, 0.15) is 35.3 Å². The summed E-state index contributed by atoms with van der Waals surface area (Å²) >= 11 is 0. The second-order valence-corrected chi connectivity index (χ2v) is 7.15. The standard InChI is InChI=1S/C24H28N2O3/c1-5-25(6-2)24(28)23(27)21-16-26(22-10-8-7-9-20(21)22)13-14-29-19-12-11-17(3)18(4)15-19/h7-12,15-16H,5-6,13-14H2,1-4H3. The smallest absolute Gasteiger partial charge is 0.295 e. The lowest BCUT2D eigenvalue weighted by Crippen LogP contribution is -2.36. The predicted octanol–water partition coefficient (Wildman–Crippen LogP) is 4.39. The van der Waals surface area contributed by atoms with Crippen LogP contribution in [-0.2, 0) is 11.3 Å². The number of Topliss-reactive ketones (excluding diaryl/α,β-unsaturated/α-hetero) is 1. The van der Waals surface area contributed by atoms with E-state index in [9.17, 15) is 9.59 Å². The molecule has 0 N–H and O–H groups in total. The molecular weight excluding hydrogens is 364 g/mol. The largest absolute Gasteiger partial charge is 0.492 e. The van der Waals surface area contributed by atoms with Crippen molar-refractivity contribution in [3.63, 3.8) is 0 Å². The number of carbonyl (C=O) groups excluding carboxylic acids is 2. The van der Waals surface area contributed by atoms with Gasteiger partial charge in [-0.2, -0.15) is 0 Å². The van der Waals surface area contributed by atoms with Crippen LogP contribution in [-0.4, -0.2) is 40.9 Å². The van der Waals surface area contributed by atoms with Crippen molar-refractivity contribution < 1.29 is 14.3 Å². The van der Waals surface area contributed by atoms with Gasteiger partial charge in [-0.3, -0.25) is 9.59 Å². The lowest BCUT2D eigenvalue weighted by Gasteiger charge is -2.17. The molecule has 5 heteroatoms. The van der Waals surface area contributed by atoms with Gasteiger partial charge in [-0.05, 0) is 57.0 Å². The molecule has 0 unspecified atom stereocenters. The van der Waals surface area contributed by atoms with Crippen LogP contribution in [0.2, 0.25) is 0 Å². The molecule has 0 aliphatic carbocycles. The Labute approximate surface area is 171 Å². The number of ketones is 1. The van der Waals surface area contributed by atoms with Crippen molar-refractivity contribution in [2.75, 3.05) is 19.7 Å². The summed E-state index contributed by atoms with van der Waals surface area (Å²) in [6.07, 6.45) is 1.78. The van der Waals surface area contributed by atoms with Crippen LogP contribution in [0, 0.1) is 13.8 Å². The summed E-state index contributed by atoms with van der Waals surface area (Å²) in [4.78, 5) is 27.0. The second-order valence-electron chi connectivity index (χ2n) is 7.15. The zero-order valence-corrected chi connectivity index (χ0v) is 17.6. The molecule has 0 aliphatic rings. The minimum absolute atomic E-state index is 0.448. The number of hydrogen-bond acceptors (Lipinski definition) is 3. The molecule has 0 radical (unpaired) electrons. The molecule has 0 saturated carbocycles. The Hall–Kier alpha value is -3.08. The summed E-state index contributed by atoms with van der Waals surface area (Å²) in [6.45, 7) is 9.98. The number of aryl methyl sites for hydroxylation is 2. The molecule has 152 valence electrons. The average Bonchev–Trinajstić information content (AvgIpc) is 3.09. The number of carbonyl (C=O) groups is 2. The number of nitrogens with zero attached hydrogens (tertiary/aromatic N) is 2. The first-order valence-corrected chi connectivity index (χ1v) is 10.1. The van der Waals surface area contributed by atoms with Crippen LogP contribution in [0.25, 0.3) is 10.9 Å². The highest BCUT2D eigenvalue weighted by molar-refractivity contribution is 6.44. The Balaban J connectivity index is 1.81. The molecule has 2 aromatic carbocycles. The molecule has 0 spiro atoms. The van der Waals surface area contributed by atoms with E-state index in [1.165, 1.54) is 11.1 Å². The van der Waals surface area contributed by atoms with Gasteiger partial charge in [0.05, 0.1) is 12.1 Å². The van der Waals surface area contributed by atoms with Crippen LogP contribution >= 0.6 is 0 Å². The van der Waals surface area contributed by atoms with Crippen molar-refractivity contribution in [3.8, 4) is 5.75 Å². The quantitative estimate of drug-likeness (QED) is 0.422. The lowest BCUT2D eigenvalue weighted by atomic mass is 10.1. The van der Waals surface area contributed by atoms with Gasteiger partial charge >= 0.3 is 0 Å². The van der Waals surface area contributed by atoms with Gasteiger partial charge in [0, 0.05) is 30.2 Å². The van der Waals surface area contributed by atoms with Crippen molar-refractivity contribution >= 4 is 22.6 Å². The minimum Gasteiger partial charge on any atom is -0.492 e. The van der Waals surface area contributed by atoms with Crippen LogP contribution < -0.4 is 4.74 Å². The SMILES string of the molecule is CCN(CC)C(=O)C(=O)c1cn(CCOc2ccc(C)c(C)c2)c2ccccc12. The van der Waals surface area contributed by atoms with Gasteiger partial charge in [0.1, 0.15) is 12.4 Å². The van der Waals surface area contributed by atoms with Crippen LogP contribution in [0.3, 0.4) is 0 Å². The lowest BCUT2D eigenvalue weighted by molar-refractivity contribution is -0.126. The highest BCUT2D eigenvalue weighted by Gasteiger charge is 2.24. The predicted molar refractivity (Wildman–Crippen MR) is 116 cm³/mol. The van der Waals surface area contributed by atoms with Gasteiger partial charge < -0.3 is 14.2 Å². The van der Waals surface area contributed by atoms with Gasteiger partial charge in [-0.1, -0.05) is 24.3 Å². The average molecular weight is 392 g/mol. The van der Waals surface area contributed by atoms with Crippen molar-refractivity contribution in [2.24, 2.45) is 0 Å². The van der Waals surface area contributed by atoms with E-state index < -0.39 is 11.7 Å². The molecular formula is C24H28N2O3. The molecule has 3 aromatic rings. The van der Waals surface area contributed by atoms with Crippen LogP contribution in [0.5, 0.6) is 5.75 Å². The molecule has 5 nitrogen and oxygen atoms in total. The molecule has 0 aliphatic heterocycles. The maximum absolute atomic E-state index is 12.9. The van der Waals surface area contributed by atoms with E-state index in [0.29, 0.717) is 31.8 Å². The molecule has 0 fully saturated rings. The fourth-order valence-electron chi connectivity index (χ4n) is 3.45. The normalized spacial score (nSPS) is 10.9. The number of para-hydroxylation sites is 1. The summed E-state index contributed by atoms with van der Waals surface area (Å²) in [5.41, 5.74) is 3.79. The maximum Gasteiger partial charge on any atom is 0.295 e. The number of ether oxygens (including phenoxy) is 1. The first-order chi connectivity index (χ1) is 14.0. The molecule has 1 amide bonds. The molecule has 1 heterocycles. The van der Waals surface area contributed by atoms with Gasteiger partial charge in [0.2, 0.25) is 0 Å². The molecule has 3 rings (SSSR count). The highest BCUT2D eigenvalue weighted by atomic mass is 16.5. The third-order valence-corrected chi connectivity index (χ3v) is 5.36. The van der Waals surface area contributed by atoms with Crippen LogP contribution in [0.4, 0.5) is 0 Å². The molecule has 0 atom stereocenters. The number of amides is 1. The minimum atomic E-state index is -0.460. The third kappa shape index (κ3) is 4.34. The number of likely N-dealkylation sites (N-methyl/N-ethyl adjacent to an activating group) is 1. The number of aromatic nitrogens is 1. The Morgan fingerprint density at radius 1 is 1.00 bits per heavy atom. The van der Waals surface area contributed by atoms with Crippen molar-refractivity contribution in [3.05, 3.63) is 65.4 Å². The summed E-state index contributed by atoms with van der Waals surface area (Å²) in [5.74, 6) is -0.0828. The van der Waals surface area contributed by atoms with E-state index in [1.54, 1.807) is 11.1 Å². The fraction of sp³-hybridized carbons (Fsp3) is 0.333. The Morgan fingerprint density at radius 3 is 2.41 bits per heavy atom. The fourth-order valence-corrected chi connectivity index (χ4v) is 3.45. The van der Waals surface area contributed by atoms with E-state index >= 15 is 0 Å². The van der Waals surface area contributed by atoms with Gasteiger partial charge in [-0.25, -0.2) is 0 Å². The van der Waals surface area contributed by atoms with Crippen molar-refractivity contribution in [1.29, 1.82) is 0 Å². The molecule has 1 aromatic heterocycles. The summed E-state index contributed by atoms with van der Waals surface area (Å²) in [6, 6.07) is 13.7. The maximum atomic E-state index is 12.9. The van der Waals surface area contributed by atoms with Crippen molar-refractivity contribution in [2.45, 2.75) is 34.2 Å². The topological polar surface area (TPSA) is 51.5 Å². The number of fused-ring (bicyclic) bond motifs is 1. The molecule has 0 bridgehead atoms. The zero-order valence-electron chi connectivity index (χ0n) is 17.6. The van der Waals surface area contributed by atoms with Gasteiger partial charge in [0.25, 0.3) is 11.7 Å². The first kappa shape index (κ1) is 20.6. The molecule has 0 saturated heterocycles. The second kappa shape index (κ2) is 8.95. The summed E-state index contributed by atoms with van der Waals surface area (Å²) in [7, 11) is 0. The summed E-state index contributed by atoms with van der Waals surface area (Å²) < 4.78 is 7.89. The van der Waals surface area contributed by atoms with E-state index in [1.807, 2.05) is 60.9 Å². The molecule has 29 heavy (non-hydrogen) atoms. The Kier molecular flexibility index (Phi) is 6.37. The number of hydrogen-bond donors (Lipinski definition) is 0. The number of rotatable bonds is 8.